The van der Waals surface area contributed by atoms with E-state index < -0.39 is 0 Å². The Morgan fingerprint density at radius 2 is 1.68 bits per heavy atom. The average molecular weight is 320 g/mol. The van der Waals surface area contributed by atoms with Crippen molar-refractivity contribution in [3.63, 3.8) is 0 Å². The summed E-state index contributed by atoms with van der Waals surface area (Å²) in [7, 11) is 0. The van der Waals surface area contributed by atoms with Crippen molar-refractivity contribution in [2.75, 3.05) is 4.90 Å². The average Bonchev–Trinajstić information content (AvgIpc) is 2.66. The van der Waals surface area contributed by atoms with Crippen molar-refractivity contribution in [2.45, 2.75) is 19.8 Å². The Balaban J connectivity index is 1.99. The number of fused-ring (bicyclic) bond motifs is 1. The molecule has 0 bridgehead atoms. The first kappa shape index (κ1) is 12.6. The van der Waals surface area contributed by atoms with Crippen LogP contribution in [0.4, 0.5) is 5.69 Å². The molecule has 2 atom stereocenters. The van der Waals surface area contributed by atoms with E-state index in [9.17, 15) is 9.59 Å². The zero-order valence-electron chi connectivity index (χ0n) is 10.6. The number of nitrogens with zero attached hydrogens (tertiary/aromatic N) is 1. The Labute approximate surface area is 120 Å². The lowest BCUT2D eigenvalue weighted by atomic mass is 9.85. The Bertz CT molecular complexity index is 568. The van der Waals surface area contributed by atoms with Gasteiger partial charge >= 0.3 is 0 Å². The van der Waals surface area contributed by atoms with Crippen LogP contribution >= 0.6 is 15.9 Å². The highest BCUT2D eigenvalue weighted by molar-refractivity contribution is 9.10. The lowest BCUT2D eigenvalue weighted by Gasteiger charge is -2.15. The van der Waals surface area contributed by atoms with Crippen molar-refractivity contribution in [1.82, 2.24) is 0 Å². The second-order valence-corrected chi connectivity index (χ2v) is 5.96. The van der Waals surface area contributed by atoms with Crippen LogP contribution < -0.4 is 4.90 Å². The Hall–Kier alpha value is -1.42. The van der Waals surface area contributed by atoms with Crippen molar-refractivity contribution in [2.24, 2.45) is 11.8 Å². The number of benzene rings is 1. The number of allylic oxidation sites excluding steroid dienone is 2. The van der Waals surface area contributed by atoms with Crippen LogP contribution in [-0.4, -0.2) is 11.8 Å². The number of hydrogen-bond acceptors (Lipinski definition) is 2. The third-order valence-electron chi connectivity index (χ3n) is 3.91. The number of carbonyl (C=O) groups is 2. The maximum atomic E-state index is 12.4. The molecule has 0 spiro atoms. The lowest BCUT2D eigenvalue weighted by Crippen LogP contribution is -2.30. The van der Waals surface area contributed by atoms with Gasteiger partial charge in [0.25, 0.3) is 0 Å². The molecule has 0 aromatic heterocycles. The summed E-state index contributed by atoms with van der Waals surface area (Å²) in [5.74, 6) is -0.440. The van der Waals surface area contributed by atoms with Gasteiger partial charge in [0.1, 0.15) is 0 Å². The van der Waals surface area contributed by atoms with Crippen LogP contribution in [0.1, 0.15) is 18.4 Å². The second-order valence-electron chi connectivity index (χ2n) is 5.10. The predicted molar refractivity (Wildman–Crippen MR) is 76.7 cm³/mol. The molecule has 3 rings (SSSR count). The number of amides is 2. The zero-order chi connectivity index (χ0) is 13.6. The molecular formula is C15H14BrNO2. The number of hydrogen-bond donors (Lipinski definition) is 0. The van der Waals surface area contributed by atoms with E-state index in [1.807, 2.05) is 37.3 Å². The SMILES string of the molecule is Cc1cc(N2C(=O)[C@H]3CC=CC[C@@H]3C2=O)ccc1Br. The predicted octanol–water partition coefficient (Wildman–Crippen LogP) is 3.21. The number of carbonyl (C=O) groups excluding carboxylic acids is 2. The van der Waals surface area contributed by atoms with Gasteiger partial charge in [-0.2, -0.15) is 0 Å². The van der Waals surface area contributed by atoms with Gasteiger partial charge in [0, 0.05) is 4.47 Å². The minimum Gasteiger partial charge on any atom is -0.274 e. The molecule has 98 valence electrons. The summed E-state index contributed by atoms with van der Waals surface area (Å²) in [6.07, 6.45) is 5.37. The highest BCUT2D eigenvalue weighted by atomic mass is 79.9. The van der Waals surface area contributed by atoms with E-state index >= 15 is 0 Å². The molecule has 3 nitrogen and oxygen atoms in total. The maximum absolute atomic E-state index is 12.4. The summed E-state index contributed by atoms with van der Waals surface area (Å²) in [5, 5.41) is 0. The molecular weight excluding hydrogens is 306 g/mol. The number of aryl methyl sites for hydroxylation is 1. The third-order valence-corrected chi connectivity index (χ3v) is 4.80. The van der Waals surface area contributed by atoms with Crippen molar-refractivity contribution < 1.29 is 9.59 Å². The molecule has 4 heteroatoms. The zero-order valence-corrected chi connectivity index (χ0v) is 12.2. The number of anilines is 1. The Kier molecular flexibility index (Phi) is 3.05. The van der Waals surface area contributed by atoms with E-state index in [1.165, 1.54) is 4.90 Å². The van der Waals surface area contributed by atoms with Gasteiger partial charge < -0.3 is 0 Å². The highest BCUT2D eigenvalue weighted by Gasteiger charge is 2.47. The first-order valence-corrected chi connectivity index (χ1v) is 7.18. The maximum Gasteiger partial charge on any atom is 0.238 e. The monoisotopic (exact) mass is 319 g/mol. The molecule has 1 fully saturated rings. The van der Waals surface area contributed by atoms with Crippen LogP contribution in [-0.2, 0) is 9.59 Å². The first-order valence-electron chi connectivity index (χ1n) is 6.38. The fourth-order valence-electron chi connectivity index (χ4n) is 2.82. The van der Waals surface area contributed by atoms with Crippen molar-refractivity contribution in [3.8, 4) is 0 Å². The van der Waals surface area contributed by atoms with E-state index in [2.05, 4.69) is 15.9 Å². The van der Waals surface area contributed by atoms with Crippen molar-refractivity contribution in [3.05, 3.63) is 40.4 Å². The summed E-state index contributed by atoms with van der Waals surface area (Å²) in [4.78, 5) is 26.2. The van der Waals surface area contributed by atoms with E-state index in [1.54, 1.807) is 0 Å². The topological polar surface area (TPSA) is 37.4 Å². The van der Waals surface area contributed by atoms with E-state index in [0.717, 1.165) is 10.0 Å². The summed E-state index contributed by atoms with van der Waals surface area (Å²) in [6.45, 7) is 1.95. The largest absolute Gasteiger partial charge is 0.274 e. The van der Waals surface area contributed by atoms with Crippen LogP contribution in [0.5, 0.6) is 0 Å². The third kappa shape index (κ3) is 1.94. The van der Waals surface area contributed by atoms with Gasteiger partial charge in [0.05, 0.1) is 17.5 Å². The molecule has 0 saturated carbocycles. The van der Waals surface area contributed by atoms with Crippen molar-refractivity contribution in [1.29, 1.82) is 0 Å². The molecule has 0 radical (unpaired) electrons. The van der Waals surface area contributed by atoms with Gasteiger partial charge in [0.2, 0.25) is 11.8 Å². The number of rotatable bonds is 1. The van der Waals surface area contributed by atoms with Crippen molar-refractivity contribution >= 4 is 33.4 Å². The molecule has 1 aromatic carbocycles. The van der Waals surface area contributed by atoms with Crippen LogP contribution in [0.25, 0.3) is 0 Å². The highest BCUT2D eigenvalue weighted by Crippen LogP contribution is 2.38. The Morgan fingerprint density at radius 1 is 1.11 bits per heavy atom. The summed E-state index contributed by atoms with van der Waals surface area (Å²) < 4.78 is 0.981. The van der Waals surface area contributed by atoms with Crippen LogP contribution in [0.2, 0.25) is 0 Å². The minimum atomic E-state index is -0.165. The fourth-order valence-corrected chi connectivity index (χ4v) is 3.07. The fraction of sp³-hybridized carbons (Fsp3) is 0.333. The van der Waals surface area contributed by atoms with Gasteiger partial charge in [-0.1, -0.05) is 28.1 Å². The van der Waals surface area contributed by atoms with Gasteiger partial charge in [0.15, 0.2) is 0 Å². The van der Waals surface area contributed by atoms with Gasteiger partial charge in [-0.05, 0) is 43.5 Å². The second kappa shape index (κ2) is 4.60. The lowest BCUT2D eigenvalue weighted by molar-refractivity contribution is -0.122. The smallest absolute Gasteiger partial charge is 0.238 e. The number of imide groups is 1. The first-order chi connectivity index (χ1) is 9.09. The standard InChI is InChI=1S/C15H14BrNO2/c1-9-8-10(6-7-13(9)16)17-14(18)11-4-2-3-5-12(11)15(17)19/h2-3,6-8,11-12H,4-5H2,1H3/t11-,12-/m0/s1. The molecule has 1 aromatic rings. The number of halogens is 1. The molecule has 1 saturated heterocycles. The summed E-state index contributed by atoms with van der Waals surface area (Å²) >= 11 is 3.43. The van der Waals surface area contributed by atoms with E-state index in [-0.39, 0.29) is 23.7 Å². The minimum absolute atomic E-state index is 0.0546. The van der Waals surface area contributed by atoms with Gasteiger partial charge in [-0.25, -0.2) is 0 Å². The van der Waals surface area contributed by atoms with E-state index in [0.29, 0.717) is 18.5 Å². The summed E-state index contributed by atoms with van der Waals surface area (Å²) in [5.41, 5.74) is 1.70. The van der Waals surface area contributed by atoms with Gasteiger partial charge in [-0.3, -0.25) is 14.5 Å². The van der Waals surface area contributed by atoms with Crippen LogP contribution in [0.15, 0.2) is 34.8 Å². The summed E-state index contributed by atoms with van der Waals surface area (Å²) in [6, 6.07) is 5.58. The molecule has 1 aliphatic carbocycles. The molecule has 0 N–H and O–H groups in total. The molecule has 2 aliphatic rings. The quantitative estimate of drug-likeness (QED) is 0.588. The molecule has 0 unspecified atom stereocenters. The normalized spacial score (nSPS) is 25.9. The van der Waals surface area contributed by atoms with Crippen LogP contribution in [0, 0.1) is 18.8 Å². The van der Waals surface area contributed by atoms with E-state index in [4.69, 9.17) is 0 Å². The van der Waals surface area contributed by atoms with Crippen LogP contribution in [0.3, 0.4) is 0 Å². The molecule has 1 heterocycles. The Morgan fingerprint density at radius 3 is 2.21 bits per heavy atom. The molecule has 2 amide bonds. The molecule has 1 aliphatic heterocycles. The molecule has 19 heavy (non-hydrogen) atoms. The van der Waals surface area contributed by atoms with Gasteiger partial charge in [-0.15, -0.1) is 0 Å².